The zero-order valence-corrected chi connectivity index (χ0v) is 43.6. The van der Waals surface area contributed by atoms with Crippen molar-refractivity contribution in [3.05, 3.63) is 0 Å². The molecule has 380 valence electrons. The average Bonchev–Trinajstić information content (AvgIpc) is 3.29. The van der Waals surface area contributed by atoms with Crippen LogP contribution in [0.5, 0.6) is 0 Å². The number of carbonyl (C=O) groups is 3. The maximum atomic E-state index is 12.8. The predicted molar refractivity (Wildman–Crippen MR) is 275 cm³/mol. The maximum Gasteiger partial charge on any atom is 0.306 e. The largest absolute Gasteiger partial charge is 0.462 e. The summed E-state index contributed by atoms with van der Waals surface area (Å²) in [4.78, 5) is 37.9. The number of rotatable bonds is 54. The van der Waals surface area contributed by atoms with Crippen LogP contribution in [0, 0.1) is 0 Å². The van der Waals surface area contributed by atoms with Crippen molar-refractivity contribution < 1.29 is 28.6 Å². The Bertz CT molecular complexity index is 951. The molecule has 0 aliphatic heterocycles. The Balaban J connectivity index is 4.06. The number of esters is 3. The van der Waals surface area contributed by atoms with Crippen LogP contribution in [0.25, 0.3) is 0 Å². The molecule has 0 rings (SSSR count). The van der Waals surface area contributed by atoms with E-state index in [1.807, 2.05) is 0 Å². The molecule has 0 saturated heterocycles. The summed E-state index contributed by atoms with van der Waals surface area (Å²) < 4.78 is 16.8. The van der Waals surface area contributed by atoms with Gasteiger partial charge in [-0.1, -0.05) is 297 Å². The van der Waals surface area contributed by atoms with Gasteiger partial charge >= 0.3 is 17.9 Å². The number of carbonyl (C=O) groups excluding carboxylic acids is 3. The highest BCUT2D eigenvalue weighted by molar-refractivity contribution is 5.71. The molecule has 0 aromatic rings. The Morgan fingerprint density at radius 3 is 0.625 bits per heavy atom. The van der Waals surface area contributed by atoms with E-state index in [2.05, 4.69) is 20.8 Å². The van der Waals surface area contributed by atoms with Crippen molar-refractivity contribution in [1.29, 1.82) is 0 Å². The third-order valence-corrected chi connectivity index (χ3v) is 13.4. The minimum atomic E-state index is -0.759. The van der Waals surface area contributed by atoms with Crippen LogP contribution < -0.4 is 0 Å². The molecule has 64 heavy (non-hydrogen) atoms. The molecule has 0 saturated carbocycles. The van der Waals surface area contributed by atoms with Crippen LogP contribution in [-0.4, -0.2) is 37.2 Å². The lowest BCUT2D eigenvalue weighted by Gasteiger charge is -2.18. The molecule has 0 heterocycles. The van der Waals surface area contributed by atoms with Crippen molar-refractivity contribution in [1.82, 2.24) is 0 Å². The second-order valence-corrected chi connectivity index (χ2v) is 19.9. The van der Waals surface area contributed by atoms with E-state index in [0.29, 0.717) is 19.3 Å². The monoisotopic (exact) mass is 905 g/mol. The summed E-state index contributed by atoms with van der Waals surface area (Å²) in [7, 11) is 0. The van der Waals surface area contributed by atoms with E-state index >= 15 is 0 Å². The summed E-state index contributed by atoms with van der Waals surface area (Å²) in [5, 5.41) is 0. The van der Waals surface area contributed by atoms with Gasteiger partial charge in [-0.15, -0.1) is 0 Å². The Labute approximate surface area is 399 Å². The number of ether oxygens (including phenoxy) is 3. The summed E-state index contributed by atoms with van der Waals surface area (Å²) in [6.45, 7) is 6.66. The van der Waals surface area contributed by atoms with E-state index in [9.17, 15) is 14.4 Å². The summed E-state index contributed by atoms with van der Waals surface area (Å²) in [5.41, 5.74) is 0. The molecule has 0 amide bonds. The number of unbranched alkanes of at least 4 members (excludes halogenated alkanes) is 43. The zero-order valence-electron chi connectivity index (χ0n) is 43.6. The van der Waals surface area contributed by atoms with Gasteiger partial charge in [-0.2, -0.15) is 0 Å². The highest BCUT2D eigenvalue weighted by Gasteiger charge is 2.19. The van der Waals surface area contributed by atoms with Crippen LogP contribution >= 0.6 is 0 Å². The fraction of sp³-hybridized carbons (Fsp3) is 0.948. The molecule has 0 bridgehead atoms. The van der Waals surface area contributed by atoms with Crippen LogP contribution in [0.1, 0.15) is 335 Å². The Hall–Kier alpha value is -1.59. The van der Waals surface area contributed by atoms with Crippen LogP contribution in [-0.2, 0) is 28.6 Å². The van der Waals surface area contributed by atoms with E-state index in [-0.39, 0.29) is 31.1 Å². The SMILES string of the molecule is CCCCCCCCCCCCCCCCCCCCCCCCCCC(=O)OCC(COC(=O)CCCCCCCCC)OC(=O)CCCCCCCCCCCCCCCCC. The van der Waals surface area contributed by atoms with E-state index in [0.717, 1.165) is 57.8 Å². The standard InChI is InChI=1S/C58H112O6/c1-4-7-10-13-16-18-20-22-24-25-26-27-28-29-30-31-32-34-35-37-39-42-45-48-51-57(60)63-54-55(53-62-56(59)50-47-44-41-15-12-9-6-3)64-58(61)52-49-46-43-40-38-36-33-23-21-19-17-14-11-8-5-2/h55H,4-54H2,1-3H3. The van der Waals surface area contributed by atoms with Gasteiger partial charge in [-0.25, -0.2) is 0 Å². The first-order valence-electron chi connectivity index (χ1n) is 29.0. The molecule has 0 aromatic heterocycles. The van der Waals surface area contributed by atoms with E-state index < -0.39 is 6.10 Å². The van der Waals surface area contributed by atoms with E-state index in [1.54, 1.807) is 0 Å². The predicted octanol–water partition coefficient (Wildman–Crippen LogP) is 19.2. The van der Waals surface area contributed by atoms with Gasteiger partial charge in [-0.3, -0.25) is 14.4 Å². The molecule has 0 aliphatic carbocycles. The zero-order chi connectivity index (χ0) is 46.5. The van der Waals surface area contributed by atoms with Crippen molar-refractivity contribution >= 4 is 17.9 Å². The van der Waals surface area contributed by atoms with Gasteiger partial charge in [0, 0.05) is 19.3 Å². The molecule has 0 fully saturated rings. The molecule has 6 heteroatoms. The van der Waals surface area contributed by atoms with E-state index in [4.69, 9.17) is 14.2 Å². The van der Waals surface area contributed by atoms with Crippen molar-refractivity contribution in [2.24, 2.45) is 0 Å². The van der Waals surface area contributed by atoms with Crippen molar-refractivity contribution in [3.63, 3.8) is 0 Å². The van der Waals surface area contributed by atoms with Crippen LogP contribution in [0.15, 0.2) is 0 Å². The van der Waals surface area contributed by atoms with E-state index in [1.165, 1.54) is 238 Å². The minimum Gasteiger partial charge on any atom is -0.462 e. The average molecular weight is 906 g/mol. The summed E-state index contributed by atoms with van der Waals surface area (Å²) in [6.07, 6.45) is 59.8. The van der Waals surface area contributed by atoms with Crippen LogP contribution in [0.4, 0.5) is 0 Å². The third kappa shape index (κ3) is 51.4. The lowest BCUT2D eigenvalue weighted by atomic mass is 10.0. The topological polar surface area (TPSA) is 78.9 Å². The second-order valence-electron chi connectivity index (χ2n) is 19.9. The van der Waals surface area contributed by atoms with Crippen molar-refractivity contribution in [3.8, 4) is 0 Å². The first kappa shape index (κ1) is 62.4. The molecule has 1 unspecified atom stereocenters. The lowest BCUT2D eigenvalue weighted by Crippen LogP contribution is -2.30. The fourth-order valence-corrected chi connectivity index (χ4v) is 8.98. The van der Waals surface area contributed by atoms with Crippen LogP contribution in [0.3, 0.4) is 0 Å². The maximum absolute atomic E-state index is 12.8. The van der Waals surface area contributed by atoms with Gasteiger partial charge < -0.3 is 14.2 Å². The first-order valence-corrected chi connectivity index (χ1v) is 29.0. The van der Waals surface area contributed by atoms with Crippen molar-refractivity contribution in [2.75, 3.05) is 13.2 Å². The Morgan fingerprint density at radius 2 is 0.422 bits per heavy atom. The molecule has 0 spiro atoms. The molecular formula is C58H112O6. The Kier molecular flexibility index (Phi) is 52.7. The van der Waals surface area contributed by atoms with Gasteiger partial charge in [0.15, 0.2) is 6.10 Å². The van der Waals surface area contributed by atoms with Gasteiger partial charge in [0.25, 0.3) is 0 Å². The van der Waals surface area contributed by atoms with Gasteiger partial charge in [0.1, 0.15) is 13.2 Å². The van der Waals surface area contributed by atoms with Crippen LogP contribution in [0.2, 0.25) is 0 Å². The Morgan fingerprint density at radius 1 is 0.250 bits per heavy atom. The molecular weight excluding hydrogens is 793 g/mol. The van der Waals surface area contributed by atoms with Gasteiger partial charge in [0.05, 0.1) is 0 Å². The first-order chi connectivity index (χ1) is 31.5. The molecule has 6 nitrogen and oxygen atoms in total. The molecule has 0 radical (unpaired) electrons. The second kappa shape index (κ2) is 54.0. The molecule has 1 atom stereocenters. The summed E-state index contributed by atoms with van der Waals surface area (Å²) >= 11 is 0. The third-order valence-electron chi connectivity index (χ3n) is 13.4. The molecule has 0 N–H and O–H groups in total. The highest BCUT2D eigenvalue weighted by atomic mass is 16.6. The summed E-state index contributed by atoms with van der Waals surface area (Å²) in [6, 6.07) is 0. The smallest absolute Gasteiger partial charge is 0.306 e. The lowest BCUT2D eigenvalue weighted by molar-refractivity contribution is -0.167. The van der Waals surface area contributed by atoms with Gasteiger partial charge in [0.2, 0.25) is 0 Å². The quantitative estimate of drug-likeness (QED) is 0.0344. The molecule has 0 aromatic carbocycles. The number of hydrogen-bond acceptors (Lipinski definition) is 6. The summed E-state index contributed by atoms with van der Waals surface area (Å²) in [5.74, 6) is -0.843. The van der Waals surface area contributed by atoms with Crippen molar-refractivity contribution in [2.45, 2.75) is 341 Å². The number of hydrogen-bond donors (Lipinski definition) is 0. The fourth-order valence-electron chi connectivity index (χ4n) is 8.98. The normalized spacial score (nSPS) is 11.9. The highest BCUT2D eigenvalue weighted by Crippen LogP contribution is 2.18. The van der Waals surface area contributed by atoms with Gasteiger partial charge in [-0.05, 0) is 19.3 Å². The molecule has 0 aliphatic rings. The minimum absolute atomic E-state index is 0.0620.